The molecule has 1 aromatic carbocycles. The molecule has 0 radical (unpaired) electrons. The molecule has 0 atom stereocenters. The van der Waals surface area contributed by atoms with Crippen molar-refractivity contribution in [1.29, 1.82) is 0 Å². The molecule has 1 heterocycles. The molecular weight excluding hydrogens is 285 g/mol. The third-order valence-electron chi connectivity index (χ3n) is 2.50. The molecule has 17 heavy (non-hydrogen) atoms. The van der Waals surface area contributed by atoms with Crippen molar-refractivity contribution in [1.82, 2.24) is 9.78 Å². The molecule has 1 aromatic heterocycles. The molecule has 90 valence electrons. The minimum Gasteiger partial charge on any atom is -0.383 e. The van der Waals surface area contributed by atoms with E-state index in [0.717, 1.165) is 15.9 Å². The van der Waals surface area contributed by atoms with Crippen molar-refractivity contribution in [3.05, 3.63) is 40.2 Å². The summed E-state index contributed by atoms with van der Waals surface area (Å²) < 4.78 is 15.3. The van der Waals surface area contributed by atoms with Crippen LogP contribution in [0.3, 0.4) is 0 Å². The summed E-state index contributed by atoms with van der Waals surface area (Å²) in [6.45, 7) is 4.09. The van der Waals surface area contributed by atoms with E-state index in [1.165, 1.54) is 12.1 Å². The minimum absolute atomic E-state index is 0.272. The van der Waals surface area contributed by atoms with Crippen LogP contribution in [0.1, 0.15) is 25.5 Å². The predicted octanol–water partition coefficient (Wildman–Crippen LogP) is 3.48. The molecule has 0 saturated heterocycles. The summed E-state index contributed by atoms with van der Waals surface area (Å²) in [5, 5.41) is 4.43. The third kappa shape index (κ3) is 2.20. The molecule has 0 fully saturated rings. The van der Waals surface area contributed by atoms with Crippen LogP contribution >= 0.6 is 15.9 Å². The zero-order chi connectivity index (χ0) is 12.6. The Bertz CT molecular complexity index is 531. The highest BCUT2D eigenvalue weighted by molar-refractivity contribution is 9.10. The topological polar surface area (TPSA) is 43.8 Å². The second kappa shape index (κ2) is 4.49. The second-order valence-electron chi connectivity index (χ2n) is 4.13. The molecule has 2 N–H and O–H groups in total. The number of nitrogens with two attached hydrogens (primary N) is 1. The van der Waals surface area contributed by atoms with Gasteiger partial charge in [-0.25, -0.2) is 9.07 Å². The lowest BCUT2D eigenvalue weighted by Gasteiger charge is -2.03. The van der Waals surface area contributed by atoms with E-state index < -0.39 is 0 Å². The molecule has 0 bridgehead atoms. The number of aromatic nitrogens is 2. The molecule has 0 amide bonds. The van der Waals surface area contributed by atoms with Crippen molar-refractivity contribution in [2.45, 2.75) is 19.8 Å². The SMILES string of the molecule is CC(C)c1nn(-c2ccc(F)cc2)c(N)c1Br. The van der Waals surface area contributed by atoms with Gasteiger partial charge in [0.2, 0.25) is 0 Å². The van der Waals surface area contributed by atoms with Gasteiger partial charge in [0.15, 0.2) is 0 Å². The van der Waals surface area contributed by atoms with Crippen molar-refractivity contribution >= 4 is 21.7 Å². The van der Waals surface area contributed by atoms with Gasteiger partial charge in [0, 0.05) is 0 Å². The number of halogens is 2. The van der Waals surface area contributed by atoms with Crippen LogP contribution in [0.4, 0.5) is 10.2 Å². The van der Waals surface area contributed by atoms with Gasteiger partial charge in [-0.05, 0) is 46.1 Å². The van der Waals surface area contributed by atoms with Gasteiger partial charge in [-0.3, -0.25) is 0 Å². The van der Waals surface area contributed by atoms with Crippen molar-refractivity contribution in [2.75, 3.05) is 5.73 Å². The lowest BCUT2D eigenvalue weighted by molar-refractivity contribution is 0.627. The number of hydrogen-bond donors (Lipinski definition) is 1. The number of anilines is 1. The molecule has 2 rings (SSSR count). The zero-order valence-corrected chi connectivity index (χ0v) is 11.2. The summed E-state index contributed by atoms with van der Waals surface area (Å²) in [6, 6.07) is 6.07. The molecule has 0 aliphatic carbocycles. The Morgan fingerprint density at radius 2 is 1.88 bits per heavy atom. The fourth-order valence-electron chi connectivity index (χ4n) is 1.58. The van der Waals surface area contributed by atoms with Crippen molar-refractivity contribution in [3.8, 4) is 5.69 Å². The molecule has 0 aliphatic rings. The molecule has 0 spiro atoms. The van der Waals surface area contributed by atoms with E-state index in [-0.39, 0.29) is 11.7 Å². The normalized spacial score (nSPS) is 11.1. The molecule has 2 aromatic rings. The van der Waals surface area contributed by atoms with Crippen molar-refractivity contribution in [2.24, 2.45) is 0 Å². The van der Waals surface area contributed by atoms with Gasteiger partial charge in [-0.1, -0.05) is 13.8 Å². The summed E-state index contributed by atoms with van der Waals surface area (Å²) in [5.41, 5.74) is 7.61. The largest absolute Gasteiger partial charge is 0.383 e. The maximum atomic E-state index is 12.8. The monoisotopic (exact) mass is 297 g/mol. The van der Waals surface area contributed by atoms with Gasteiger partial charge in [-0.2, -0.15) is 5.10 Å². The highest BCUT2D eigenvalue weighted by Crippen LogP contribution is 2.30. The summed E-state index contributed by atoms with van der Waals surface area (Å²) in [6.07, 6.45) is 0. The lowest BCUT2D eigenvalue weighted by atomic mass is 10.1. The van der Waals surface area contributed by atoms with Crippen LogP contribution < -0.4 is 5.73 Å². The van der Waals surface area contributed by atoms with E-state index in [9.17, 15) is 4.39 Å². The molecule has 0 unspecified atom stereocenters. The standard InChI is InChI=1S/C12H13BrFN3/c1-7(2)11-10(13)12(15)17(16-11)9-5-3-8(14)4-6-9/h3-7H,15H2,1-2H3. The maximum Gasteiger partial charge on any atom is 0.141 e. The second-order valence-corrected chi connectivity index (χ2v) is 4.92. The van der Waals surface area contributed by atoms with Crippen LogP contribution in [0.15, 0.2) is 28.7 Å². The minimum atomic E-state index is -0.275. The first-order valence-corrected chi connectivity index (χ1v) is 6.10. The predicted molar refractivity (Wildman–Crippen MR) is 69.7 cm³/mol. The average Bonchev–Trinajstić information content (AvgIpc) is 2.58. The van der Waals surface area contributed by atoms with Gasteiger partial charge in [0.1, 0.15) is 11.6 Å². The first-order valence-electron chi connectivity index (χ1n) is 5.30. The van der Waals surface area contributed by atoms with E-state index in [2.05, 4.69) is 21.0 Å². The van der Waals surface area contributed by atoms with Crippen molar-refractivity contribution < 1.29 is 4.39 Å². The number of benzene rings is 1. The van der Waals surface area contributed by atoms with Crippen LogP contribution in [0.25, 0.3) is 5.69 Å². The number of nitrogens with zero attached hydrogens (tertiary/aromatic N) is 2. The number of rotatable bonds is 2. The first-order chi connectivity index (χ1) is 8.00. The summed E-state index contributed by atoms with van der Waals surface area (Å²) in [4.78, 5) is 0. The van der Waals surface area contributed by atoms with Gasteiger partial charge in [-0.15, -0.1) is 0 Å². The van der Waals surface area contributed by atoms with Crippen LogP contribution in [0.5, 0.6) is 0 Å². The number of hydrogen-bond acceptors (Lipinski definition) is 2. The van der Waals surface area contributed by atoms with Crippen LogP contribution in [0.2, 0.25) is 0 Å². The Morgan fingerprint density at radius 3 is 2.35 bits per heavy atom. The first kappa shape index (κ1) is 12.1. The van der Waals surface area contributed by atoms with Crippen molar-refractivity contribution in [3.63, 3.8) is 0 Å². The summed E-state index contributed by atoms with van der Waals surface area (Å²) in [7, 11) is 0. The number of nitrogen functional groups attached to an aromatic ring is 1. The van der Waals surface area contributed by atoms with Gasteiger partial charge in [0.25, 0.3) is 0 Å². The van der Waals surface area contributed by atoms with Gasteiger partial charge in [0.05, 0.1) is 15.9 Å². The highest BCUT2D eigenvalue weighted by Gasteiger charge is 2.16. The summed E-state index contributed by atoms with van der Waals surface area (Å²) in [5.74, 6) is 0.524. The molecular formula is C12H13BrFN3. The van der Waals surface area contributed by atoms with Crippen LogP contribution in [0, 0.1) is 5.82 Å². The lowest BCUT2D eigenvalue weighted by Crippen LogP contribution is -2.02. The zero-order valence-electron chi connectivity index (χ0n) is 9.61. The fourth-order valence-corrected chi connectivity index (χ4v) is 2.28. The average molecular weight is 298 g/mol. The Hall–Kier alpha value is -1.36. The Labute approximate surface area is 108 Å². The third-order valence-corrected chi connectivity index (χ3v) is 3.32. The highest BCUT2D eigenvalue weighted by atomic mass is 79.9. The summed E-state index contributed by atoms with van der Waals surface area (Å²) >= 11 is 3.43. The van der Waals surface area contributed by atoms with E-state index in [1.807, 2.05) is 13.8 Å². The smallest absolute Gasteiger partial charge is 0.141 e. The van der Waals surface area contributed by atoms with Gasteiger partial charge < -0.3 is 5.73 Å². The van der Waals surface area contributed by atoms with E-state index in [4.69, 9.17) is 5.73 Å². The Morgan fingerprint density at radius 1 is 1.29 bits per heavy atom. The molecule has 3 nitrogen and oxygen atoms in total. The van der Waals surface area contributed by atoms with Crippen LogP contribution in [-0.2, 0) is 0 Å². The molecule has 0 aliphatic heterocycles. The maximum absolute atomic E-state index is 12.8. The Kier molecular flexibility index (Phi) is 3.19. The fraction of sp³-hybridized carbons (Fsp3) is 0.250. The van der Waals surface area contributed by atoms with E-state index in [1.54, 1.807) is 16.8 Å². The molecule has 5 heteroatoms. The quantitative estimate of drug-likeness (QED) is 0.922. The Balaban J connectivity index is 2.53. The van der Waals surface area contributed by atoms with E-state index >= 15 is 0 Å². The van der Waals surface area contributed by atoms with Crippen LogP contribution in [-0.4, -0.2) is 9.78 Å². The van der Waals surface area contributed by atoms with Gasteiger partial charge >= 0.3 is 0 Å². The van der Waals surface area contributed by atoms with E-state index in [0.29, 0.717) is 5.82 Å². The molecule has 0 saturated carbocycles.